The van der Waals surface area contributed by atoms with Crippen LogP contribution in [0.5, 0.6) is 0 Å². The van der Waals surface area contributed by atoms with Crippen LogP contribution in [0.1, 0.15) is 76.3 Å². The molecular formula is C31H38N2O6. The normalized spacial score (nSPS) is 21.7. The predicted molar refractivity (Wildman–Crippen MR) is 147 cm³/mol. The SMILES string of the molecule is CC(C)(C)OC(=O)N1C2CCC1CC(N(CCCC(=O)O)C(=O)OCC1c3ccccc3-c3ccccc31)C2. The van der Waals surface area contributed by atoms with E-state index >= 15 is 0 Å². The summed E-state index contributed by atoms with van der Waals surface area (Å²) in [5, 5.41) is 9.20. The second-order valence-corrected chi connectivity index (χ2v) is 11.9. The Kier molecular flexibility index (Phi) is 7.56. The van der Waals surface area contributed by atoms with Gasteiger partial charge < -0.3 is 24.4 Å². The highest BCUT2D eigenvalue weighted by molar-refractivity contribution is 5.79. The number of carboxylic acid groups (broad SMARTS) is 1. The molecule has 5 rings (SSSR count). The van der Waals surface area contributed by atoms with Crippen LogP contribution in [-0.4, -0.2) is 69.9 Å². The molecule has 2 saturated heterocycles. The van der Waals surface area contributed by atoms with Crippen molar-refractivity contribution in [2.75, 3.05) is 13.2 Å². The molecule has 2 aromatic carbocycles. The monoisotopic (exact) mass is 534 g/mol. The largest absolute Gasteiger partial charge is 0.481 e. The van der Waals surface area contributed by atoms with Gasteiger partial charge in [0.1, 0.15) is 12.2 Å². The molecular weight excluding hydrogens is 496 g/mol. The zero-order chi connectivity index (χ0) is 27.7. The molecule has 0 saturated carbocycles. The van der Waals surface area contributed by atoms with Crippen molar-refractivity contribution in [2.24, 2.45) is 0 Å². The van der Waals surface area contributed by atoms with Crippen LogP contribution in [0.15, 0.2) is 48.5 Å². The maximum atomic E-state index is 13.6. The van der Waals surface area contributed by atoms with Gasteiger partial charge in [-0.1, -0.05) is 48.5 Å². The molecule has 2 unspecified atom stereocenters. The van der Waals surface area contributed by atoms with Gasteiger partial charge in [0.15, 0.2) is 0 Å². The van der Waals surface area contributed by atoms with Crippen LogP contribution in [-0.2, 0) is 14.3 Å². The van der Waals surface area contributed by atoms with Crippen LogP contribution in [0.25, 0.3) is 11.1 Å². The standard InChI is InChI=1S/C31H38N2O6/c1-31(2,3)39-30(37)33-20-14-15-21(33)18-22(17-20)32(16-8-13-28(34)35)29(36)38-19-27-25-11-6-4-9-23(25)24-10-5-7-12-26(24)27/h4-7,9-12,20-22,27H,8,13-19H2,1-3H3,(H,34,35). The van der Waals surface area contributed by atoms with Crippen molar-refractivity contribution < 1.29 is 29.0 Å². The van der Waals surface area contributed by atoms with Gasteiger partial charge in [0, 0.05) is 37.0 Å². The second-order valence-electron chi connectivity index (χ2n) is 11.9. The van der Waals surface area contributed by atoms with Gasteiger partial charge in [-0.05, 0) is 75.1 Å². The first-order chi connectivity index (χ1) is 18.6. The van der Waals surface area contributed by atoms with E-state index in [1.54, 1.807) is 4.90 Å². The number of carboxylic acids is 1. The molecule has 2 fully saturated rings. The number of carbonyl (C=O) groups excluding carboxylic acids is 2. The average Bonchev–Trinajstić information content (AvgIpc) is 3.35. The number of fused-ring (bicyclic) bond motifs is 5. The van der Waals surface area contributed by atoms with Gasteiger partial charge in [-0.3, -0.25) is 4.79 Å². The molecule has 2 bridgehead atoms. The summed E-state index contributed by atoms with van der Waals surface area (Å²) in [7, 11) is 0. The van der Waals surface area contributed by atoms with E-state index in [4.69, 9.17) is 9.47 Å². The van der Waals surface area contributed by atoms with Gasteiger partial charge in [-0.2, -0.15) is 0 Å². The molecule has 0 aromatic heterocycles. The summed E-state index contributed by atoms with van der Waals surface area (Å²) in [5.41, 5.74) is 4.05. The van der Waals surface area contributed by atoms with Crippen molar-refractivity contribution in [2.45, 2.75) is 88.9 Å². The van der Waals surface area contributed by atoms with Crippen LogP contribution in [0.4, 0.5) is 9.59 Å². The van der Waals surface area contributed by atoms with Gasteiger partial charge in [0.25, 0.3) is 0 Å². The first kappa shape index (κ1) is 27.0. The fraction of sp³-hybridized carbons (Fsp3) is 0.516. The van der Waals surface area contributed by atoms with Crippen molar-refractivity contribution in [3.05, 3.63) is 59.7 Å². The number of aliphatic carboxylic acids is 1. The zero-order valence-corrected chi connectivity index (χ0v) is 23.0. The Bertz CT molecular complexity index is 1180. The molecule has 2 amide bonds. The van der Waals surface area contributed by atoms with E-state index in [0.29, 0.717) is 25.8 Å². The number of ether oxygens (including phenoxy) is 2. The van der Waals surface area contributed by atoms with Crippen LogP contribution in [0.3, 0.4) is 0 Å². The predicted octanol–water partition coefficient (Wildman–Crippen LogP) is 6.03. The molecule has 1 N–H and O–H groups in total. The van der Waals surface area contributed by atoms with E-state index in [2.05, 4.69) is 24.3 Å². The van der Waals surface area contributed by atoms with E-state index in [1.807, 2.05) is 49.9 Å². The van der Waals surface area contributed by atoms with Crippen molar-refractivity contribution in [1.29, 1.82) is 0 Å². The van der Waals surface area contributed by atoms with Crippen molar-refractivity contribution >= 4 is 18.2 Å². The van der Waals surface area contributed by atoms with E-state index in [-0.39, 0.29) is 43.2 Å². The number of hydrogen-bond acceptors (Lipinski definition) is 5. The van der Waals surface area contributed by atoms with Gasteiger partial charge in [0.05, 0.1) is 0 Å². The Balaban J connectivity index is 1.30. The second kappa shape index (κ2) is 10.9. The van der Waals surface area contributed by atoms with Crippen LogP contribution in [0, 0.1) is 0 Å². The van der Waals surface area contributed by atoms with E-state index in [1.165, 1.54) is 11.1 Å². The highest BCUT2D eigenvalue weighted by Crippen LogP contribution is 2.45. The molecule has 39 heavy (non-hydrogen) atoms. The third kappa shape index (κ3) is 5.75. The van der Waals surface area contributed by atoms with Gasteiger partial charge in [0.2, 0.25) is 0 Å². The summed E-state index contributed by atoms with van der Waals surface area (Å²) in [6.45, 7) is 6.11. The number of carbonyl (C=O) groups is 3. The summed E-state index contributed by atoms with van der Waals surface area (Å²) in [6.07, 6.45) is 2.62. The molecule has 208 valence electrons. The summed E-state index contributed by atoms with van der Waals surface area (Å²) >= 11 is 0. The highest BCUT2D eigenvalue weighted by Gasteiger charge is 2.47. The Hall–Kier alpha value is -3.55. The molecule has 3 aliphatic rings. The molecule has 8 heteroatoms. The van der Waals surface area contributed by atoms with Gasteiger partial charge >= 0.3 is 18.2 Å². The first-order valence-corrected chi connectivity index (χ1v) is 14.0. The lowest BCUT2D eigenvalue weighted by atomic mass is 9.96. The number of rotatable bonds is 7. The summed E-state index contributed by atoms with van der Waals surface area (Å²) < 4.78 is 11.6. The third-order valence-corrected chi connectivity index (χ3v) is 8.11. The number of hydrogen-bond donors (Lipinski definition) is 1. The van der Waals surface area contributed by atoms with E-state index in [9.17, 15) is 19.5 Å². The van der Waals surface area contributed by atoms with Crippen molar-refractivity contribution in [3.63, 3.8) is 0 Å². The lowest BCUT2D eigenvalue weighted by Gasteiger charge is -2.43. The van der Waals surface area contributed by atoms with Crippen LogP contribution in [0.2, 0.25) is 0 Å². The number of nitrogens with zero attached hydrogens (tertiary/aromatic N) is 2. The molecule has 8 nitrogen and oxygen atoms in total. The van der Waals surface area contributed by atoms with E-state index < -0.39 is 17.7 Å². The van der Waals surface area contributed by atoms with Gasteiger partial charge in [-0.25, -0.2) is 9.59 Å². The first-order valence-electron chi connectivity index (χ1n) is 14.0. The molecule has 0 spiro atoms. The Labute approximate surface area is 229 Å². The minimum atomic E-state index is -0.887. The number of amides is 2. The highest BCUT2D eigenvalue weighted by atomic mass is 16.6. The summed E-state index contributed by atoms with van der Waals surface area (Å²) in [4.78, 5) is 41.3. The van der Waals surface area contributed by atoms with Crippen LogP contribution >= 0.6 is 0 Å². The number of piperidine rings is 1. The lowest BCUT2D eigenvalue weighted by molar-refractivity contribution is -0.137. The fourth-order valence-electron chi connectivity index (χ4n) is 6.52. The molecule has 0 radical (unpaired) electrons. The smallest absolute Gasteiger partial charge is 0.410 e. The summed E-state index contributed by atoms with van der Waals surface area (Å²) in [6, 6.07) is 16.3. The van der Waals surface area contributed by atoms with Crippen molar-refractivity contribution in [3.8, 4) is 11.1 Å². The average molecular weight is 535 g/mol. The Morgan fingerprint density at radius 2 is 1.51 bits per heavy atom. The molecule has 2 aromatic rings. The minimum Gasteiger partial charge on any atom is -0.481 e. The van der Waals surface area contributed by atoms with E-state index in [0.717, 1.165) is 24.0 Å². The number of benzene rings is 2. The quantitative estimate of drug-likeness (QED) is 0.466. The lowest BCUT2D eigenvalue weighted by Crippen LogP contribution is -2.55. The Morgan fingerprint density at radius 1 is 0.949 bits per heavy atom. The zero-order valence-electron chi connectivity index (χ0n) is 23.0. The topological polar surface area (TPSA) is 96.4 Å². The van der Waals surface area contributed by atoms with Crippen molar-refractivity contribution in [1.82, 2.24) is 9.80 Å². The minimum absolute atomic E-state index is 0.00744. The molecule has 2 atom stereocenters. The molecule has 2 aliphatic heterocycles. The van der Waals surface area contributed by atoms with Gasteiger partial charge in [-0.15, -0.1) is 0 Å². The maximum absolute atomic E-state index is 13.6. The third-order valence-electron chi connectivity index (χ3n) is 8.11. The Morgan fingerprint density at radius 3 is 2.05 bits per heavy atom. The molecule has 2 heterocycles. The maximum Gasteiger partial charge on any atom is 0.410 e. The summed E-state index contributed by atoms with van der Waals surface area (Å²) in [5.74, 6) is -0.935. The van der Waals surface area contributed by atoms with Crippen LogP contribution < -0.4 is 0 Å². The molecule has 1 aliphatic carbocycles. The fourth-order valence-corrected chi connectivity index (χ4v) is 6.52.